The van der Waals surface area contributed by atoms with Crippen LogP contribution in [0.3, 0.4) is 0 Å². The topological polar surface area (TPSA) is 122 Å². The summed E-state index contributed by atoms with van der Waals surface area (Å²) >= 11 is 0. The lowest BCUT2D eigenvalue weighted by Crippen LogP contribution is -2.41. The molecular weight excluding hydrogens is 358 g/mol. The van der Waals surface area contributed by atoms with Crippen molar-refractivity contribution in [2.75, 3.05) is 32.2 Å². The second-order valence-electron chi connectivity index (χ2n) is 5.54. The van der Waals surface area contributed by atoms with Crippen LogP contribution in [0, 0.1) is 0 Å². The van der Waals surface area contributed by atoms with Crippen molar-refractivity contribution >= 4 is 35.4 Å². The van der Waals surface area contributed by atoms with Crippen LogP contribution in [0.25, 0.3) is 0 Å². The lowest BCUT2D eigenvalue weighted by Gasteiger charge is -2.15. The molecule has 1 aromatic rings. The molecular formula is C17H19N3O7. The standard InChI is InChI=1S/C17H19N3O7/c1-26-12-7-5-11(6-8-12)20-16(24)15(23)19(17(20)25)10-13(21)18-9-3-4-14(22)27-2/h5-8H,3-4,9-10H2,1-2H3,(H,18,21). The first-order valence-electron chi connectivity index (χ1n) is 8.06. The number of imide groups is 2. The van der Waals surface area contributed by atoms with E-state index >= 15 is 0 Å². The molecule has 0 bridgehead atoms. The molecule has 0 radical (unpaired) electrons. The molecule has 10 heteroatoms. The molecule has 1 aliphatic rings. The number of benzene rings is 1. The molecule has 144 valence electrons. The Kier molecular flexibility index (Phi) is 6.47. The Morgan fingerprint density at radius 2 is 1.70 bits per heavy atom. The molecule has 5 amide bonds. The maximum Gasteiger partial charge on any atom is 0.339 e. The number of nitrogens with zero attached hydrogens (tertiary/aromatic N) is 2. The van der Waals surface area contributed by atoms with Crippen LogP contribution in [0.15, 0.2) is 24.3 Å². The van der Waals surface area contributed by atoms with E-state index in [0.717, 1.165) is 0 Å². The number of hydrogen-bond donors (Lipinski definition) is 1. The van der Waals surface area contributed by atoms with Crippen molar-refractivity contribution in [2.24, 2.45) is 0 Å². The van der Waals surface area contributed by atoms with Crippen LogP contribution in [0.1, 0.15) is 12.8 Å². The zero-order valence-electron chi connectivity index (χ0n) is 14.9. The van der Waals surface area contributed by atoms with Gasteiger partial charge in [-0.05, 0) is 30.7 Å². The van der Waals surface area contributed by atoms with Gasteiger partial charge in [0.1, 0.15) is 12.3 Å². The molecule has 10 nitrogen and oxygen atoms in total. The van der Waals surface area contributed by atoms with Gasteiger partial charge in [-0.15, -0.1) is 0 Å². The van der Waals surface area contributed by atoms with E-state index in [2.05, 4.69) is 10.1 Å². The van der Waals surface area contributed by atoms with Gasteiger partial charge in [0.25, 0.3) is 0 Å². The molecule has 1 aromatic carbocycles. The van der Waals surface area contributed by atoms with Crippen LogP contribution >= 0.6 is 0 Å². The maximum atomic E-state index is 12.4. The summed E-state index contributed by atoms with van der Waals surface area (Å²) < 4.78 is 9.47. The largest absolute Gasteiger partial charge is 0.497 e. The van der Waals surface area contributed by atoms with Gasteiger partial charge in [-0.3, -0.25) is 19.2 Å². The minimum atomic E-state index is -1.08. The first kappa shape index (κ1) is 19.9. The average molecular weight is 377 g/mol. The number of carbonyl (C=O) groups excluding carboxylic acids is 5. The van der Waals surface area contributed by atoms with Crippen LogP contribution in [-0.2, 0) is 23.9 Å². The van der Waals surface area contributed by atoms with Crippen LogP contribution < -0.4 is 15.0 Å². The van der Waals surface area contributed by atoms with E-state index in [4.69, 9.17) is 4.74 Å². The van der Waals surface area contributed by atoms with E-state index in [0.29, 0.717) is 22.0 Å². The van der Waals surface area contributed by atoms with Gasteiger partial charge in [-0.2, -0.15) is 0 Å². The van der Waals surface area contributed by atoms with E-state index in [9.17, 15) is 24.0 Å². The predicted molar refractivity (Wildman–Crippen MR) is 91.8 cm³/mol. The van der Waals surface area contributed by atoms with Gasteiger partial charge in [0, 0.05) is 13.0 Å². The van der Waals surface area contributed by atoms with Crippen molar-refractivity contribution in [1.82, 2.24) is 10.2 Å². The Labute approximate surface area is 155 Å². The van der Waals surface area contributed by atoms with Crippen molar-refractivity contribution < 1.29 is 33.4 Å². The molecule has 0 saturated carbocycles. The number of methoxy groups -OCH3 is 2. The summed E-state index contributed by atoms with van der Waals surface area (Å²) in [6.45, 7) is -0.422. The zero-order chi connectivity index (χ0) is 20.0. The third-order valence-electron chi connectivity index (χ3n) is 3.79. The molecule has 27 heavy (non-hydrogen) atoms. The molecule has 1 fully saturated rings. The molecule has 0 spiro atoms. The Morgan fingerprint density at radius 3 is 2.30 bits per heavy atom. The van der Waals surface area contributed by atoms with Crippen LogP contribution in [0.2, 0.25) is 0 Å². The summed E-state index contributed by atoms with van der Waals surface area (Å²) in [5.74, 6) is -2.63. The molecule has 2 rings (SSSR count). The predicted octanol–water partition coefficient (Wildman–Crippen LogP) is 0.0598. The van der Waals surface area contributed by atoms with Gasteiger partial charge >= 0.3 is 23.8 Å². The average Bonchev–Trinajstić information content (AvgIpc) is 2.88. The van der Waals surface area contributed by atoms with Gasteiger partial charge in [-0.1, -0.05) is 0 Å². The van der Waals surface area contributed by atoms with Crippen molar-refractivity contribution in [3.8, 4) is 5.75 Å². The fraction of sp³-hybridized carbons (Fsp3) is 0.353. The molecule has 0 unspecified atom stereocenters. The normalized spacial score (nSPS) is 13.8. The van der Waals surface area contributed by atoms with Gasteiger partial charge in [0.05, 0.1) is 19.9 Å². The summed E-state index contributed by atoms with van der Waals surface area (Å²) in [5.41, 5.74) is 0.195. The third-order valence-corrected chi connectivity index (χ3v) is 3.79. The van der Waals surface area contributed by atoms with E-state index < -0.39 is 36.3 Å². The molecule has 1 saturated heterocycles. The number of amides is 5. The highest BCUT2D eigenvalue weighted by Crippen LogP contribution is 2.24. The van der Waals surface area contributed by atoms with Gasteiger partial charge in [0.15, 0.2) is 0 Å². The molecule has 1 aliphatic heterocycles. The fourth-order valence-electron chi connectivity index (χ4n) is 2.37. The Bertz CT molecular complexity index is 760. The smallest absolute Gasteiger partial charge is 0.339 e. The first-order chi connectivity index (χ1) is 12.9. The molecule has 0 aliphatic carbocycles. The number of rotatable bonds is 8. The molecule has 0 atom stereocenters. The minimum absolute atomic E-state index is 0.127. The molecule has 1 N–H and O–H groups in total. The van der Waals surface area contributed by atoms with E-state index in [1.54, 1.807) is 0 Å². The monoisotopic (exact) mass is 377 g/mol. The van der Waals surface area contributed by atoms with Crippen molar-refractivity contribution in [2.45, 2.75) is 12.8 Å². The number of nitrogens with one attached hydrogen (secondary N) is 1. The van der Waals surface area contributed by atoms with Crippen LogP contribution in [0.4, 0.5) is 10.5 Å². The summed E-state index contributed by atoms with van der Waals surface area (Å²) in [6.07, 6.45) is 0.472. The molecule has 1 heterocycles. The number of hydrogen-bond acceptors (Lipinski definition) is 7. The third kappa shape index (κ3) is 4.60. The summed E-state index contributed by atoms with van der Waals surface area (Å²) in [4.78, 5) is 60.8. The highest BCUT2D eigenvalue weighted by atomic mass is 16.5. The van der Waals surface area contributed by atoms with Crippen molar-refractivity contribution in [3.63, 3.8) is 0 Å². The van der Waals surface area contributed by atoms with Crippen molar-refractivity contribution in [3.05, 3.63) is 24.3 Å². The highest BCUT2D eigenvalue weighted by molar-refractivity contribution is 6.53. The van der Waals surface area contributed by atoms with E-state index in [-0.39, 0.29) is 18.7 Å². The second-order valence-corrected chi connectivity index (χ2v) is 5.54. The summed E-state index contributed by atoms with van der Waals surface area (Å²) in [7, 11) is 2.73. The second kappa shape index (κ2) is 8.79. The Balaban J connectivity index is 1.96. The maximum absolute atomic E-state index is 12.4. The van der Waals surface area contributed by atoms with E-state index in [1.807, 2.05) is 0 Å². The Hall–Kier alpha value is -3.43. The summed E-state index contributed by atoms with van der Waals surface area (Å²) in [5, 5.41) is 2.48. The quantitative estimate of drug-likeness (QED) is 0.294. The fourth-order valence-corrected chi connectivity index (χ4v) is 2.37. The first-order valence-corrected chi connectivity index (χ1v) is 8.06. The number of ether oxygens (including phenoxy) is 2. The number of urea groups is 1. The van der Waals surface area contributed by atoms with Gasteiger partial charge in [0.2, 0.25) is 5.91 Å². The number of anilines is 1. The van der Waals surface area contributed by atoms with E-state index in [1.165, 1.54) is 38.5 Å². The number of esters is 1. The lowest BCUT2D eigenvalue weighted by atomic mass is 10.3. The Morgan fingerprint density at radius 1 is 1.04 bits per heavy atom. The zero-order valence-corrected chi connectivity index (χ0v) is 14.9. The van der Waals surface area contributed by atoms with Gasteiger partial charge in [-0.25, -0.2) is 14.6 Å². The SMILES string of the molecule is COC(=O)CCCNC(=O)CN1C(=O)C(=O)N(c2ccc(OC)cc2)C1=O. The van der Waals surface area contributed by atoms with Crippen LogP contribution in [0.5, 0.6) is 5.75 Å². The van der Waals surface area contributed by atoms with Crippen LogP contribution in [-0.4, -0.2) is 61.9 Å². The number of carbonyl (C=O) groups is 5. The van der Waals surface area contributed by atoms with Gasteiger partial charge < -0.3 is 14.8 Å². The lowest BCUT2D eigenvalue weighted by molar-refractivity contribution is -0.141. The highest BCUT2D eigenvalue weighted by Gasteiger charge is 2.46. The molecule has 0 aromatic heterocycles. The summed E-state index contributed by atoms with van der Waals surface area (Å²) in [6, 6.07) is 5.09. The van der Waals surface area contributed by atoms with Crippen molar-refractivity contribution in [1.29, 1.82) is 0 Å². The minimum Gasteiger partial charge on any atom is -0.497 e.